The van der Waals surface area contributed by atoms with E-state index in [9.17, 15) is 9.59 Å². The second kappa shape index (κ2) is 5.84. The first-order valence-corrected chi connectivity index (χ1v) is 6.11. The van der Waals surface area contributed by atoms with Gasteiger partial charge in [-0.3, -0.25) is 9.59 Å². The Hall–Kier alpha value is -1.32. The molecule has 0 aliphatic heterocycles. The summed E-state index contributed by atoms with van der Waals surface area (Å²) in [7, 11) is 0. The molecule has 0 fully saturated rings. The number of hydrogen-bond donors (Lipinski definition) is 2. The lowest BCUT2D eigenvalue weighted by atomic mass is 10.1. The molecule has 0 aromatic carbocycles. The smallest absolute Gasteiger partial charge is 0.239 e. The van der Waals surface area contributed by atoms with Crippen LogP contribution in [0.3, 0.4) is 0 Å². The fourth-order valence-corrected chi connectivity index (χ4v) is 1.82. The number of carbonyl (C=O) groups is 2. The Balaban J connectivity index is 2.19. The zero-order valence-electron chi connectivity index (χ0n) is 10.9. The van der Waals surface area contributed by atoms with E-state index >= 15 is 0 Å². The molecular formula is C13H22N2O2. The van der Waals surface area contributed by atoms with E-state index in [1.165, 1.54) is 0 Å². The summed E-state index contributed by atoms with van der Waals surface area (Å²) >= 11 is 0. The number of nitrogens with one attached hydrogen (secondary N) is 2. The maximum absolute atomic E-state index is 11.5. The van der Waals surface area contributed by atoms with Crippen LogP contribution in [0.15, 0.2) is 12.2 Å². The van der Waals surface area contributed by atoms with Gasteiger partial charge in [-0.05, 0) is 39.5 Å². The summed E-state index contributed by atoms with van der Waals surface area (Å²) in [6, 6.07) is 0. The standard InChI is InChI=1S/C13H22N2O2/c1-13(2,3)15-12(17)9-14-11(16)8-10-6-4-5-7-10/h4,6,10H,5,7-9H2,1-3H3,(H,14,16)(H,15,17)/t10-/m0/s1. The van der Waals surface area contributed by atoms with Crippen LogP contribution in [0.1, 0.15) is 40.0 Å². The van der Waals surface area contributed by atoms with Crippen molar-refractivity contribution in [2.24, 2.45) is 5.92 Å². The molecule has 4 heteroatoms. The quantitative estimate of drug-likeness (QED) is 0.727. The minimum atomic E-state index is -0.254. The molecule has 0 radical (unpaired) electrons. The SMILES string of the molecule is CC(C)(C)NC(=O)CNC(=O)C[C@H]1C=CCC1. The Morgan fingerprint density at radius 1 is 1.29 bits per heavy atom. The van der Waals surface area contributed by atoms with Crippen LogP contribution in [0.5, 0.6) is 0 Å². The van der Waals surface area contributed by atoms with Crippen molar-refractivity contribution in [2.45, 2.75) is 45.6 Å². The van der Waals surface area contributed by atoms with Gasteiger partial charge < -0.3 is 10.6 Å². The summed E-state index contributed by atoms with van der Waals surface area (Å²) < 4.78 is 0. The summed E-state index contributed by atoms with van der Waals surface area (Å²) in [6.45, 7) is 5.80. The van der Waals surface area contributed by atoms with Gasteiger partial charge in [0.15, 0.2) is 0 Å². The predicted octanol–water partition coefficient (Wildman–Crippen LogP) is 1.37. The van der Waals surface area contributed by atoms with Crippen molar-refractivity contribution >= 4 is 11.8 Å². The van der Waals surface area contributed by atoms with Gasteiger partial charge in [0.2, 0.25) is 11.8 Å². The average molecular weight is 238 g/mol. The highest BCUT2D eigenvalue weighted by molar-refractivity contribution is 5.85. The van der Waals surface area contributed by atoms with E-state index in [-0.39, 0.29) is 23.9 Å². The lowest BCUT2D eigenvalue weighted by Crippen LogP contribution is -2.45. The molecule has 2 N–H and O–H groups in total. The third kappa shape index (κ3) is 6.09. The Bertz CT molecular complexity index is 316. The van der Waals surface area contributed by atoms with Gasteiger partial charge in [-0.1, -0.05) is 12.2 Å². The van der Waals surface area contributed by atoms with Gasteiger partial charge in [0, 0.05) is 12.0 Å². The van der Waals surface area contributed by atoms with Crippen molar-refractivity contribution < 1.29 is 9.59 Å². The van der Waals surface area contributed by atoms with E-state index in [2.05, 4.69) is 22.8 Å². The highest BCUT2D eigenvalue weighted by Gasteiger charge is 2.16. The predicted molar refractivity (Wildman–Crippen MR) is 67.4 cm³/mol. The van der Waals surface area contributed by atoms with Crippen LogP contribution in [0, 0.1) is 5.92 Å². The third-order valence-electron chi connectivity index (χ3n) is 2.52. The molecule has 0 saturated carbocycles. The van der Waals surface area contributed by atoms with Crippen molar-refractivity contribution in [3.8, 4) is 0 Å². The normalized spacial score (nSPS) is 19.1. The van der Waals surface area contributed by atoms with Gasteiger partial charge in [-0.15, -0.1) is 0 Å². The monoisotopic (exact) mass is 238 g/mol. The molecule has 0 bridgehead atoms. The molecule has 1 rings (SSSR count). The molecule has 1 aliphatic carbocycles. The van der Waals surface area contributed by atoms with Crippen molar-refractivity contribution in [2.75, 3.05) is 6.54 Å². The van der Waals surface area contributed by atoms with Crippen LogP contribution in [0.25, 0.3) is 0 Å². The van der Waals surface area contributed by atoms with Crippen LogP contribution >= 0.6 is 0 Å². The van der Waals surface area contributed by atoms with E-state index in [0.717, 1.165) is 12.8 Å². The molecule has 96 valence electrons. The average Bonchev–Trinajstić information content (AvgIpc) is 2.64. The number of amides is 2. The number of carbonyl (C=O) groups excluding carboxylic acids is 2. The number of hydrogen-bond acceptors (Lipinski definition) is 2. The maximum atomic E-state index is 11.5. The Kier molecular flexibility index (Phi) is 4.73. The van der Waals surface area contributed by atoms with Crippen LogP contribution in [-0.4, -0.2) is 23.9 Å². The zero-order valence-corrected chi connectivity index (χ0v) is 10.9. The zero-order chi connectivity index (χ0) is 12.9. The summed E-state index contributed by atoms with van der Waals surface area (Å²) in [5, 5.41) is 5.45. The Morgan fingerprint density at radius 2 is 2.00 bits per heavy atom. The van der Waals surface area contributed by atoms with Crippen LogP contribution < -0.4 is 10.6 Å². The molecule has 2 amide bonds. The number of rotatable bonds is 4. The van der Waals surface area contributed by atoms with Crippen molar-refractivity contribution in [1.82, 2.24) is 10.6 Å². The molecular weight excluding hydrogens is 216 g/mol. The third-order valence-corrected chi connectivity index (χ3v) is 2.52. The first-order chi connectivity index (χ1) is 7.87. The minimum absolute atomic E-state index is 0.0504. The minimum Gasteiger partial charge on any atom is -0.350 e. The van der Waals surface area contributed by atoms with Gasteiger partial charge in [0.25, 0.3) is 0 Å². The van der Waals surface area contributed by atoms with Gasteiger partial charge in [0.1, 0.15) is 0 Å². The summed E-state index contributed by atoms with van der Waals surface area (Å²) in [5.74, 6) is 0.152. The molecule has 0 aromatic rings. The lowest BCUT2D eigenvalue weighted by molar-refractivity contribution is -0.127. The summed E-state index contributed by atoms with van der Waals surface area (Å²) in [6.07, 6.45) is 6.77. The first kappa shape index (κ1) is 13.7. The summed E-state index contributed by atoms with van der Waals surface area (Å²) in [5.41, 5.74) is -0.254. The van der Waals surface area contributed by atoms with Crippen molar-refractivity contribution in [1.29, 1.82) is 0 Å². The van der Waals surface area contributed by atoms with E-state index in [0.29, 0.717) is 12.3 Å². The van der Waals surface area contributed by atoms with Crippen LogP contribution in [-0.2, 0) is 9.59 Å². The highest BCUT2D eigenvalue weighted by Crippen LogP contribution is 2.19. The topological polar surface area (TPSA) is 58.2 Å². The highest BCUT2D eigenvalue weighted by atomic mass is 16.2. The first-order valence-electron chi connectivity index (χ1n) is 6.11. The van der Waals surface area contributed by atoms with Crippen LogP contribution in [0.4, 0.5) is 0 Å². The Morgan fingerprint density at radius 3 is 2.53 bits per heavy atom. The van der Waals surface area contributed by atoms with Gasteiger partial charge >= 0.3 is 0 Å². The van der Waals surface area contributed by atoms with E-state index in [4.69, 9.17) is 0 Å². The second-order valence-corrected chi connectivity index (χ2v) is 5.54. The molecule has 0 spiro atoms. The van der Waals surface area contributed by atoms with E-state index in [1.54, 1.807) is 0 Å². The molecule has 0 unspecified atom stereocenters. The van der Waals surface area contributed by atoms with Crippen LogP contribution in [0.2, 0.25) is 0 Å². The molecule has 1 atom stereocenters. The molecule has 0 saturated heterocycles. The van der Waals surface area contributed by atoms with Gasteiger partial charge in [-0.25, -0.2) is 0 Å². The Labute approximate surface area is 103 Å². The summed E-state index contributed by atoms with van der Waals surface area (Å²) in [4.78, 5) is 23.0. The fraction of sp³-hybridized carbons (Fsp3) is 0.692. The van der Waals surface area contributed by atoms with Gasteiger partial charge in [0.05, 0.1) is 6.54 Å². The molecule has 1 aliphatic rings. The molecule has 0 heterocycles. The molecule has 0 aromatic heterocycles. The van der Waals surface area contributed by atoms with E-state index < -0.39 is 0 Å². The van der Waals surface area contributed by atoms with Crippen molar-refractivity contribution in [3.63, 3.8) is 0 Å². The van der Waals surface area contributed by atoms with E-state index in [1.807, 2.05) is 20.8 Å². The van der Waals surface area contributed by atoms with Gasteiger partial charge in [-0.2, -0.15) is 0 Å². The maximum Gasteiger partial charge on any atom is 0.239 e. The fourth-order valence-electron chi connectivity index (χ4n) is 1.82. The molecule has 17 heavy (non-hydrogen) atoms. The largest absolute Gasteiger partial charge is 0.350 e. The molecule has 4 nitrogen and oxygen atoms in total. The lowest BCUT2D eigenvalue weighted by Gasteiger charge is -2.20. The number of allylic oxidation sites excluding steroid dienone is 2. The van der Waals surface area contributed by atoms with Crippen molar-refractivity contribution in [3.05, 3.63) is 12.2 Å². The second-order valence-electron chi connectivity index (χ2n) is 5.54.